The SMILES string of the molecule is N.N.N.N.N.[Co].[Ta].[Ta].[Ta]. The molecule has 0 saturated heterocycles. The van der Waals surface area contributed by atoms with E-state index in [-0.39, 0.29) is 115 Å². The summed E-state index contributed by atoms with van der Waals surface area (Å²) in [5.41, 5.74) is 0. The summed E-state index contributed by atoms with van der Waals surface area (Å²) in [5, 5.41) is 0. The first kappa shape index (κ1) is 200. The van der Waals surface area contributed by atoms with Crippen molar-refractivity contribution in [2.24, 2.45) is 0 Å². The molecule has 0 aliphatic rings. The van der Waals surface area contributed by atoms with Crippen molar-refractivity contribution < 1.29 is 83.9 Å². The van der Waals surface area contributed by atoms with E-state index in [1.54, 1.807) is 0 Å². The Hall–Kier alpha value is 2.53. The van der Waals surface area contributed by atoms with Gasteiger partial charge in [-0.05, 0) is 0 Å². The Labute approximate surface area is 113 Å². The van der Waals surface area contributed by atoms with Gasteiger partial charge >= 0.3 is 0 Å². The number of hydrogen-bond donors (Lipinski definition) is 5. The Morgan fingerprint density at radius 2 is 0.333 bits per heavy atom. The molecule has 5 nitrogen and oxygen atoms in total. The second-order valence-electron chi connectivity index (χ2n) is 0. The van der Waals surface area contributed by atoms with E-state index in [4.69, 9.17) is 0 Å². The smallest absolute Gasteiger partial charge is 0 e. The van der Waals surface area contributed by atoms with Gasteiger partial charge in [-0.3, -0.25) is 0 Å². The van der Waals surface area contributed by atoms with Crippen molar-refractivity contribution in [3.8, 4) is 0 Å². The van der Waals surface area contributed by atoms with Gasteiger partial charge in [0.25, 0.3) is 0 Å². The number of rotatable bonds is 0. The van der Waals surface area contributed by atoms with Crippen LogP contribution in [-0.2, 0) is 83.9 Å². The number of hydrogen-bond acceptors (Lipinski definition) is 5. The van der Waals surface area contributed by atoms with Gasteiger partial charge in [0, 0.05) is 83.9 Å². The molecule has 64 valence electrons. The average Bonchev–Trinajstić information content (AvgIpc) is 0. The van der Waals surface area contributed by atoms with E-state index in [1.165, 1.54) is 0 Å². The van der Waals surface area contributed by atoms with Crippen molar-refractivity contribution in [1.29, 1.82) is 0 Å². The summed E-state index contributed by atoms with van der Waals surface area (Å²) >= 11 is 0. The summed E-state index contributed by atoms with van der Waals surface area (Å²) in [6, 6.07) is 0. The Balaban J connectivity index is 0. The zero-order valence-corrected chi connectivity index (χ0v) is 15.9. The summed E-state index contributed by atoms with van der Waals surface area (Å²) in [6.07, 6.45) is 0. The van der Waals surface area contributed by atoms with Gasteiger partial charge in [0.05, 0.1) is 0 Å². The van der Waals surface area contributed by atoms with Crippen LogP contribution in [0.2, 0.25) is 0 Å². The Bertz CT molecular complexity index is 12.2. The van der Waals surface area contributed by atoms with E-state index in [0.717, 1.165) is 0 Å². The summed E-state index contributed by atoms with van der Waals surface area (Å²) in [7, 11) is 0. The van der Waals surface area contributed by atoms with Gasteiger partial charge in [0.15, 0.2) is 0 Å². The van der Waals surface area contributed by atoms with E-state index >= 15 is 0 Å². The molecule has 0 rings (SSSR count). The monoisotopic (exact) mass is 687 g/mol. The van der Waals surface area contributed by atoms with Crippen LogP contribution in [0.4, 0.5) is 0 Å². The minimum Gasteiger partial charge on any atom is -0.344 e. The molecule has 0 aromatic heterocycles. The molecular formula is H15CoN5Ta3. The molecule has 0 saturated carbocycles. The minimum absolute atomic E-state index is 0. The first-order valence-electron chi connectivity index (χ1n) is 0. The molecule has 0 spiro atoms. The van der Waals surface area contributed by atoms with E-state index in [0.29, 0.717) is 0 Å². The second kappa shape index (κ2) is 150. The van der Waals surface area contributed by atoms with Crippen LogP contribution < -0.4 is 30.8 Å². The largest absolute Gasteiger partial charge is 0.344 e. The minimum atomic E-state index is 0. The molecule has 9 heavy (non-hydrogen) atoms. The molecule has 0 aromatic carbocycles. The topological polar surface area (TPSA) is 175 Å². The molecule has 9 heteroatoms. The van der Waals surface area contributed by atoms with Crippen molar-refractivity contribution in [3.63, 3.8) is 0 Å². The first-order valence-corrected chi connectivity index (χ1v) is 0. The van der Waals surface area contributed by atoms with Crippen molar-refractivity contribution in [3.05, 3.63) is 0 Å². The third kappa shape index (κ3) is 120. The normalized spacial score (nSPS) is 0. The molecular weight excluding hydrogens is 672 g/mol. The second-order valence-corrected chi connectivity index (χ2v) is 0. The van der Waals surface area contributed by atoms with Gasteiger partial charge in [0.1, 0.15) is 0 Å². The van der Waals surface area contributed by atoms with Gasteiger partial charge in [-0.2, -0.15) is 0 Å². The zero-order valence-electron chi connectivity index (χ0n) is 5.21. The molecule has 0 atom stereocenters. The van der Waals surface area contributed by atoms with Crippen LogP contribution in [0.1, 0.15) is 0 Å². The van der Waals surface area contributed by atoms with Gasteiger partial charge < -0.3 is 30.8 Å². The molecule has 0 fully saturated rings. The van der Waals surface area contributed by atoms with Crippen molar-refractivity contribution >= 4 is 0 Å². The fraction of sp³-hybridized carbons (Fsp3) is 0. The Morgan fingerprint density at radius 1 is 0.333 bits per heavy atom. The van der Waals surface area contributed by atoms with Crippen molar-refractivity contribution in [1.82, 2.24) is 30.8 Å². The third-order valence-electron chi connectivity index (χ3n) is 0. The van der Waals surface area contributed by atoms with Gasteiger partial charge in [-0.15, -0.1) is 0 Å². The van der Waals surface area contributed by atoms with Crippen molar-refractivity contribution in [2.45, 2.75) is 0 Å². The first-order chi connectivity index (χ1) is 0. The predicted octanol–water partition coefficient (Wildman–Crippen LogP) is 0.800. The molecule has 0 aliphatic heterocycles. The maximum Gasteiger partial charge on any atom is 0 e. The van der Waals surface area contributed by atoms with Crippen LogP contribution in [0, 0.1) is 0 Å². The zero-order chi connectivity index (χ0) is 0. The van der Waals surface area contributed by atoms with Crippen LogP contribution in [0.5, 0.6) is 0 Å². The van der Waals surface area contributed by atoms with E-state index in [9.17, 15) is 0 Å². The van der Waals surface area contributed by atoms with E-state index in [1.807, 2.05) is 0 Å². The van der Waals surface area contributed by atoms with Crippen molar-refractivity contribution in [2.75, 3.05) is 0 Å². The molecule has 0 unspecified atom stereocenters. The van der Waals surface area contributed by atoms with Gasteiger partial charge in [-0.25, -0.2) is 0 Å². The van der Waals surface area contributed by atoms with Crippen LogP contribution in [0.3, 0.4) is 0 Å². The van der Waals surface area contributed by atoms with Crippen LogP contribution in [-0.4, -0.2) is 0 Å². The maximum absolute atomic E-state index is 0. The maximum atomic E-state index is 0. The molecule has 15 N–H and O–H groups in total. The molecule has 0 heterocycles. The summed E-state index contributed by atoms with van der Waals surface area (Å²) in [4.78, 5) is 0. The molecule has 0 aromatic rings. The fourth-order valence-electron chi connectivity index (χ4n) is 0. The summed E-state index contributed by atoms with van der Waals surface area (Å²) in [6.45, 7) is 0. The quantitative estimate of drug-likeness (QED) is 0.253. The average molecular weight is 687 g/mol. The summed E-state index contributed by atoms with van der Waals surface area (Å²) < 4.78 is 0. The summed E-state index contributed by atoms with van der Waals surface area (Å²) in [5.74, 6) is 0. The van der Waals surface area contributed by atoms with E-state index in [2.05, 4.69) is 0 Å². The van der Waals surface area contributed by atoms with Crippen LogP contribution in [0.25, 0.3) is 0 Å². The predicted molar refractivity (Wildman–Crippen MR) is 25.1 cm³/mol. The third-order valence-corrected chi connectivity index (χ3v) is 0. The molecule has 0 amide bonds. The van der Waals surface area contributed by atoms with Gasteiger partial charge in [0.2, 0.25) is 0 Å². The molecule has 0 bridgehead atoms. The van der Waals surface area contributed by atoms with Gasteiger partial charge in [-0.1, -0.05) is 0 Å². The van der Waals surface area contributed by atoms with Crippen LogP contribution >= 0.6 is 0 Å². The van der Waals surface area contributed by atoms with Crippen LogP contribution in [0.15, 0.2) is 0 Å². The van der Waals surface area contributed by atoms with E-state index < -0.39 is 0 Å². The standard InChI is InChI=1S/Co.5H3N.3Ta/h;5*1H3;;;. The Kier molecular flexibility index (Phi) is 3320. The Morgan fingerprint density at radius 3 is 0.333 bits per heavy atom. The molecule has 4 radical (unpaired) electrons. The fourth-order valence-corrected chi connectivity index (χ4v) is 0. The molecule has 0 aliphatic carbocycles.